The average Bonchev–Trinajstić information content (AvgIpc) is 2.88. The SMILES string of the molecule is COCCOCCOCCOCCOCCOCCO[C@H]1CC[C@H](c2nccc(CO)n2)CC1. The van der Waals surface area contributed by atoms with E-state index in [1.165, 1.54) is 0 Å². The molecule has 0 aromatic carbocycles. The van der Waals surface area contributed by atoms with Crippen LogP contribution in [0.15, 0.2) is 12.3 Å². The quantitative estimate of drug-likeness (QED) is 0.258. The summed E-state index contributed by atoms with van der Waals surface area (Å²) in [5, 5.41) is 9.24. The van der Waals surface area contributed by atoms with Crippen molar-refractivity contribution in [2.75, 3.05) is 86.4 Å². The minimum atomic E-state index is -0.0463. The van der Waals surface area contributed by atoms with Gasteiger partial charge in [0.25, 0.3) is 0 Å². The molecule has 0 unspecified atom stereocenters. The molecule has 0 spiro atoms. The van der Waals surface area contributed by atoms with Gasteiger partial charge in [0.15, 0.2) is 0 Å². The molecule has 1 aliphatic carbocycles. The van der Waals surface area contributed by atoms with E-state index in [-0.39, 0.29) is 12.7 Å². The zero-order valence-corrected chi connectivity index (χ0v) is 20.5. The second-order valence-electron chi connectivity index (χ2n) is 7.96. The molecule has 196 valence electrons. The molecule has 0 atom stereocenters. The Hall–Kier alpha value is -1.24. The van der Waals surface area contributed by atoms with E-state index < -0.39 is 0 Å². The van der Waals surface area contributed by atoms with E-state index in [4.69, 9.17) is 33.2 Å². The van der Waals surface area contributed by atoms with Crippen molar-refractivity contribution in [3.63, 3.8) is 0 Å². The predicted octanol–water partition coefficient (Wildman–Crippen LogP) is 1.74. The van der Waals surface area contributed by atoms with E-state index in [1.807, 2.05) is 0 Å². The van der Waals surface area contributed by atoms with Crippen LogP contribution in [-0.4, -0.2) is 108 Å². The molecule has 1 aliphatic rings. The lowest BCUT2D eigenvalue weighted by molar-refractivity contribution is -0.0326. The molecule has 1 heterocycles. The number of methoxy groups -OCH3 is 1. The van der Waals surface area contributed by atoms with Crippen LogP contribution in [0.5, 0.6) is 0 Å². The molecule has 1 aromatic rings. The van der Waals surface area contributed by atoms with Crippen molar-refractivity contribution >= 4 is 0 Å². The van der Waals surface area contributed by atoms with Crippen molar-refractivity contribution in [2.24, 2.45) is 0 Å². The Balaban J connectivity index is 1.31. The predicted molar refractivity (Wildman–Crippen MR) is 125 cm³/mol. The minimum Gasteiger partial charge on any atom is -0.390 e. The van der Waals surface area contributed by atoms with Gasteiger partial charge in [-0.2, -0.15) is 0 Å². The molecule has 2 rings (SSSR count). The molecule has 0 saturated heterocycles. The maximum absolute atomic E-state index is 9.24. The average molecular weight is 487 g/mol. The first kappa shape index (κ1) is 29.0. The van der Waals surface area contributed by atoms with Gasteiger partial charge in [-0.05, 0) is 31.7 Å². The lowest BCUT2D eigenvalue weighted by Crippen LogP contribution is -2.23. The molecule has 1 aromatic heterocycles. The molecule has 1 saturated carbocycles. The van der Waals surface area contributed by atoms with Crippen molar-refractivity contribution in [3.8, 4) is 0 Å². The Bertz CT molecular complexity index is 602. The van der Waals surface area contributed by atoms with E-state index in [9.17, 15) is 5.11 Å². The van der Waals surface area contributed by atoms with Gasteiger partial charge in [-0.1, -0.05) is 0 Å². The molecular weight excluding hydrogens is 444 g/mol. The summed E-state index contributed by atoms with van der Waals surface area (Å²) in [6.45, 7) is 6.65. The molecule has 0 amide bonds. The highest BCUT2D eigenvalue weighted by atomic mass is 16.6. The topological polar surface area (TPSA) is 111 Å². The molecule has 0 bridgehead atoms. The molecule has 34 heavy (non-hydrogen) atoms. The highest BCUT2D eigenvalue weighted by molar-refractivity contribution is 5.05. The van der Waals surface area contributed by atoms with Gasteiger partial charge in [-0.3, -0.25) is 0 Å². The van der Waals surface area contributed by atoms with Gasteiger partial charge >= 0.3 is 0 Å². The summed E-state index contributed by atoms with van der Waals surface area (Å²) in [5.41, 5.74) is 0.679. The number of hydrogen-bond donors (Lipinski definition) is 1. The minimum absolute atomic E-state index is 0.0463. The number of aliphatic hydroxyl groups excluding tert-OH is 1. The second kappa shape index (κ2) is 20.0. The zero-order valence-electron chi connectivity index (χ0n) is 20.5. The lowest BCUT2D eigenvalue weighted by atomic mass is 9.87. The van der Waals surface area contributed by atoms with E-state index in [0.29, 0.717) is 90.9 Å². The highest BCUT2D eigenvalue weighted by Crippen LogP contribution is 2.32. The van der Waals surface area contributed by atoms with Gasteiger partial charge in [-0.25, -0.2) is 9.97 Å². The van der Waals surface area contributed by atoms with E-state index in [2.05, 4.69) is 9.97 Å². The van der Waals surface area contributed by atoms with Crippen LogP contribution in [0.2, 0.25) is 0 Å². The van der Waals surface area contributed by atoms with Crippen LogP contribution in [0.4, 0.5) is 0 Å². The third kappa shape index (κ3) is 13.6. The summed E-state index contributed by atoms with van der Waals surface area (Å²) >= 11 is 0. The Labute approximate surface area is 203 Å². The number of aliphatic hydroxyl groups is 1. The van der Waals surface area contributed by atoms with E-state index >= 15 is 0 Å². The first-order chi connectivity index (χ1) is 16.8. The second-order valence-corrected chi connectivity index (χ2v) is 7.96. The van der Waals surface area contributed by atoms with Crippen LogP contribution >= 0.6 is 0 Å². The van der Waals surface area contributed by atoms with Gasteiger partial charge in [0.05, 0.1) is 97.7 Å². The zero-order chi connectivity index (χ0) is 24.1. The van der Waals surface area contributed by atoms with E-state index in [1.54, 1.807) is 19.4 Å². The third-order valence-corrected chi connectivity index (χ3v) is 5.43. The Morgan fingerprint density at radius 2 is 1.24 bits per heavy atom. The molecular formula is C24H42N2O8. The Morgan fingerprint density at radius 1 is 0.735 bits per heavy atom. The molecule has 10 nitrogen and oxygen atoms in total. The fourth-order valence-corrected chi connectivity index (χ4v) is 3.58. The first-order valence-corrected chi connectivity index (χ1v) is 12.3. The summed E-state index contributed by atoms with van der Waals surface area (Å²) in [5.74, 6) is 1.19. The van der Waals surface area contributed by atoms with Gasteiger partial charge in [0.1, 0.15) is 5.82 Å². The maximum atomic E-state index is 9.24. The molecule has 0 aliphatic heterocycles. The monoisotopic (exact) mass is 486 g/mol. The van der Waals surface area contributed by atoms with Crippen molar-refractivity contribution in [3.05, 3.63) is 23.8 Å². The van der Waals surface area contributed by atoms with Gasteiger partial charge in [-0.15, -0.1) is 0 Å². The normalized spacial score (nSPS) is 18.4. The van der Waals surface area contributed by atoms with Crippen molar-refractivity contribution < 1.29 is 38.3 Å². The maximum Gasteiger partial charge on any atom is 0.131 e. The standard InChI is InChI=1S/C24H42N2O8/c1-28-8-9-29-10-11-30-12-13-31-14-15-32-16-17-33-18-19-34-23-4-2-21(3-5-23)24-25-7-6-22(20-27)26-24/h6-7,21,23,27H,2-5,8-20H2,1H3/t21-,23-. The van der Waals surface area contributed by atoms with Crippen LogP contribution in [0.1, 0.15) is 43.1 Å². The van der Waals surface area contributed by atoms with Crippen LogP contribution in [0.25, 0.3) is 0 Å². The summed E-state index contributed by atoms with van der Waals surface area (Å²) < 4.78 is 38.0. The Morgan fingerprint density at radius 3 is 1.74 bits per heavy atom. The van der Waals surface area contributed by atoms with Crippen molar-refractivity contribution in [2.45, 2.75) is 44.3 Å². The Kier molecular flexibility index (Phi) is 17.1. The highest BCUT2D eigenvalue weighted by Gasteiger charge is 2.24. The third-order valence-electron chi connectivity index (χ3n) is 5.43. The van der Waals surface area contributed by atoms with Crippen LogP contribution in [0, 0.1) is 0 Å². The summed E-state index contributed by atoms with van der Waals surface area (Å²) in [6.07, 6.45) is 5.99. The molecule has 10 heteroatoms. The smallest absolute Gasteiger partial charge is 0.131 e. The lowest BCUT2D eigenvalue weighted by Gasteiger charge is -2.27. The number of hydrogen-bond acceptors (Lipinski definition) is 10. The molecule has 1 fully saturated rings. The summed E-state index contributed by atoms with van der Waals surface area (Å²) in [4.78, 5) is 8.81. The summed E-state index contributed by atoms with van der Waals surface area (Å²) in [7, 11) is 1.65. The van der Waals surface area contributed by atoms with Crippen molar-refractivity contribution in [1.29, 1.82) is 0 Å². The largest absolute Gasteiger partial charge is 0.390 e. The number of rotatable bonds is 21. The fraction of sp³-hybridized carbons (Fsp3) is 0.833. The van der Waals surface area contributed by atoms with Crippen LogP contribution in [0.3, 0.4) is 0 Å². The van der Waals surface area contributed by atoms with Gasteiger partial charge < -0.3 is 38.3 Å². The molecule has 0 radical (unpaired) electrons. The van der Waals surface area contributed by atoms with Gasteiger partial charge in [0.2, 0.25) is 0 Å². The number of aromatic nitrogens is 2. The summed E-state index contributed by atoms with van der Waals surface area (Å²) in [6, 6.07) is 1.75. The number of nitrogens with zero attached hydrogens (tertiary/aromatic N) is 2. The van der Waals surface area contributed by atoms with Crippen molar-refractivity contribution in [1.82, 2.24) is 9.97 Å². The van der Waals surface area contributed by atoms with Gasteiger partial charge in [0, 0.05) is 19.2 Å². The first-order valence-electron chi connectivity index (χ1n) is 12.3. The van der Waals surface area contributed by atoms with Crippen LogP contribution in [-0.2, 0) is 39.8 Å². The molecule has 1 N–H and O–H groups in total. The van der Waals surface area contributed by atoms with Crippen LogP contribution < -0.4 is 0 Å². The fourth-order valence-electron chi connectivity index (χ4n) is 3.58. The van der Waals surface area contributed by atoms with E-state index in [0.717, 1.165) is 31.5 Å². The number of ether oxygens (including phenoxy) is 7.